The Morgan fingerprint density at radius 2 is 1.70 bits per heavy atom. The molecule has 0 amide bonds. The molecule has 0 atom stereocenters. The van der Waals surface area contributed by atoms with Crippen LogP contribution in [0.3, 0.4) is 0 Å². The van der Waals surface area contributed by atoms with Gasteiger partial charge in [-0.2, -0.15) is 0 Å². The van der Waals surface area contributed by atoms with E-state index in [1.54, 1.807) is 7.11 Å². The molecule has 0 unspecified atom stereocenters. The van der Waals surface area contributed by atoms with Crippen molar-refractivity contribution in [1.29, 1.82) is 0 Å². The highest BCUT2D eigenvalue weighted by Crippen LogP contribution is 2.29. The molecule has 0 aliphatic rings. The first kappa shape index (κ1) is 17.1. The van der Waals surface area contributed by atoms with Crippen LogP contribution in [0.4, 0.5) is 0 Å². The summed E-state index contributed by atoms with van der Waals surface area (Å²) >= 11 is 0. The average Bonchev–Trinajstić information content (AvgIpc) is 2.51. The number of methoxy groups -OCH3 is 1. The van der Waals surface area contributed by atoms with Gasteiger partial charge in [-0.25, -0.2) is 0 Å². The van der Waals surface area contributed by atoms with Crippen molar-refractivity contribution in [1.82, 2.24) is 0 Å². The summed E-state index contributed by atoms with van der Waals surface area (Å²) in [6.45, 7) is 12.8. The summed E-state index contributed by atoms with van der Waals surface area (Å²) in [5.41, 5.74) is 8.59. The van der Waals surface area contributed by atoms with Gasteiger partial charge in [0.2, 0.25) is 0 Å². The maximum Gasteiger partial charge on any atom is 0.119 e. The van der Waals surface area contributed by atoms with E-state index in [1.165, 1.54) is 33.4 Å². The first-order valence-corrected chi connectivity index (χ1v) is 8.07. The van der Waals surface area contributed by atoms with Crippen molar-refractivity contribution in [3.63, 3.8) is 0 Å². The number of rotatable bonds is 5. The SMILES string of the molecule is C=C(/C=C(/CC)c1ccc(OC)cc1C)c1cc(C)cc(C)c1. The maximum atomic E-state index is 5.30. The van der Waals surface area contributed by atoms with Gasteiger partial charge in [0.1, 0.15) is 5.75 Å². The standard InChI is InChI=1S/C22H26O/c1-7-19(22-9-8-21(23-6)14-18(22)5)13-17(4)20-11-15(2)10-16(3)12-20/h8-14H,4,7H2,1-3,5-6H3/b19-13-. The summed E-state index contributed by atoms with van der Waals surface area (Å²) in [5, 5.41) is 0. The van der Waals surface area contributed by atoms with Gasteiger partial charge in [0.25, 0.3) is 0 Å². The number of benzene rings is 2. The second-order valence-electron chi connectivity index (χ2n) is 6.11. The molecule has 2 aromatic rings. The lowest BCUT2D eigenvalue weighted by Gasteiger charge is -2.12. The second-order valence-corrected chi connectivity index (χ2v) is 6.11. The zero-order valence-electron chi connectivity index (χ0n) is 14.9. The smallest absolute Gasteiger partial charge is 0.119 e. The van der Waals surface area contributed by atoms with Crippen molar-refractivity contribution in [3.05, 3.63) is 76.9 Å². The molecule has 0 heterocycles. The molecule has 0 aliphatic carbocycles. The average molecular weight is 306 g/mol. The number of ether oxygens (including phenoxy) is 1. The molecular formula is C22H26O. The van der Waals surface area contributed by atoms with Crippen LogP contribution in [0.2, 0.25) is 0 Å². The summed E-state index contributed by atoms with van der Waals surface area (Å²) in [5.74, 6) is 0.898. The molecule has 0 fully saturated rings. The molecule has 0 saturated carbocycles. The van der Waals surface area contributed by atoms with Crippen molar-refractivity contribution in [2.45, 2.75) is 34.1 Å². The fourth-order valence-electron chi connectivity index (χ4n) is 2.95. The van der Waals surface area contributed by atoms with E-state index in [9.17, 15) is 0 Å². The number of allylic oxidation sites excluding steroid dienone is 3. The molecule has 120 valence electrons. The van der Waals surface area contributed by atoms with Gasteiger partial charge in [0.05, 0.1) is 7.11 Å². The van der Waals surface area contributed by atoms with Crippen molar-refractivity contribution in [3.8, 4) is 5.75 Å². The van der Waals surface area contributed by atoms with Crippen LogP contribution in [0.5, 0.6) is 5.75 Å². The van der Waals surface area contributed by atoms with Gasteiger partial charge < -0.3 is 4.74 Å². The van der Waals surface area contributed by atoms with Crippen molar-refractivity contribution < 1.29 is 4.74 Å². The highest BCUT2D eigenvalue weighted by Gasteiger charge is 2.07. The van der Waals surface area contributed by atoms with E-state index in [1.807, 2.05) is 6.07 Å². The Hall–Kier alpha value is -2.28. The van der Waals surface area contributed by atoms with Crippen LogP contribution in [0, 0.1) is 20.8 Å². The predicted molar refractivity (Wildman–Crippen MR) is 101 cm³/mol. The van der Waals surface area contributed by atoms with Crippen LogP contribution in [0.15, 0.2) is 49.1 Å². The highest BCUT2D eigenvalue weighted by molar-refractivity contribution is 5.83. The third kappa shape index (κ3) is 4.13. The molecule has 0 bridgehead atoms. The molecule has 0 aliphatic heterocycles. The molecule has 0 N–H and O–H groups in total. The van der Waals surface area contributed by atoms with E-state index < -0.39 is 0 Å². The molecule has 23 heavy (non-hydrogen) atoms. The molecule has 2 aromatic carbocycles. The van der Waals surface area contributed by atoms with Crippen molar-refractivity contribution >= 4 is 11.1 Å². The van der Waals surface area contributed by atoms with Gasteiger partial charge in [-0.15, -0.1) is 0 Å². The van der Waals surface area contributed by atoms with Crippen molar-refractivity contribution in [2.75, 3.05) is 7.11 Å². The lowest BCUT2D eigenvalue weighted by molar-refractivity contribution is 0.414. The maximum absolute atomic E-state index is 5.30. The Morgan fingerprint density at radius 3 is 2.22 bits per heavy atom. The molecule has 0 spiro atoms. The molecular weight excluding hydrogens is 280 g/mol. The normalized spacial score (nSPS) is 11.4. The van der Waals surface area contributed by atoms with E-state index in [0.717, 1.165) is 17.7 Å². The summed E-state index contributed by atoms with van der Waals surface area (Å²) in [7, 11) is 1.70. The Labute approximate surface area is 140 Å². The van der Waals surface area contributed by atoms with Crippen LogP contribution in [-0.4, -0.2) is 7.11 Å². The molecule has 2 rings (SSSR count). The van der Waals surface area contributed by atoms with Gasteiger partial charge in [-0.1, -0.05) is 55.0 Å². The molecule has 0 aromatic heterocycles. The Balaban J connectivity index is 2.40. The van der Waals surface area contributed by atoms with E-state index in [-0.39, 0.29) is 0 Å². The summed E-state index contributed by atoms with van der Waals surface area (Å²) in [6, 6.07) is 12.8. The minimum Gasteiger partial charge on any atom is -0.497 e. The molecule has 0 saturated heterocycles. The summed E-state index contributed by atoms with van der Waals surface area (Å²) in [6.07, 6.45) is 3.18. The largest absolute Gasteiger partial charge is 0.497 e. The van der Waals surface area contributed by atoms with Crippen LogP contribution in [0.1, 0.15) is 41.2 Å². The van der Waals surface area contributed by atoms with Gasteiger partial charge in [-0.3, -0.25) is 0 Å². The number of hydrogen-bond acceptors (Lipinski definition) is 1. The van der Waals surface area contributed by atoms with Gasteiger partial charge >= 0.3 is 0 Å². The summed E-state index contributed by atoms with van der Waals surface area (Å²) < 4.78 is 5.30. The quantitative estimate of drug-likeness (QED) is 0.604. The van der Waals surface area contributed by atoms with Crippen LogP contribution < -0.4 is 4.74 Å². The predicted octanol–water partition coefficient (Wildman–Crippen LogP) is 6.13. The van der Waals surface area contributed by atoms with E-state index >= 15 is 0 Å². The fraction of sp³-hybridized carbons (Fsp3) is 0.273. The first-order valence-electron chi connectivity index (χ1n) is 8.07. The minimum atomic E-state index is 0.898. The fourth-order valence-corrected chi connectivity index (χ4v) is 2.95. The number of hydrogen-bond donors (Lipinski definition) is 0. The lowest BCUT2D eigenvalue weighted by atomic mass is 9.94. The van der Waals surface area contributed by atoms with Crippen LogP contribution in [0.25, 0.3) is 11.1 Å². The van der Waals surface area contributed by atoms with E-state index in [4.69, 9.17) is 4.74 Å². The molecule has 0 radical (unpaired) electrons. The van der Waals surface area contributed by atoms with Gasteiger partial charge in [0.15, 0.2) is 0 Å². The third-order valence-electron chi connectivity index (χ3n) is 4.10. The monoisotopic (exact) mass is 306 g/mol. The second kappa shape index (κ2) is 7.32. The topological polar surface area (TPSA) is 9.23 Å². The van der Waals surface area contributed by atoms with Crippen LogP contribution >= 0.6 is 0 Å². The first-order chi connectivity index (χ1) is 10.9. The Bertz CT molecular complexity index is 730. The minimum absolute atomic E-state index is 0.898. The van der Waals surface area contributed by atoms with Crippen LogP contribution in [-0.2, 0) is 0 Å². The van der Waals surface area contributed by atoms with E-state index in [0.29, 0.717) is 0 Å². The van der Waals surface area contributed by atoms with Crippen molar-refractivity contribution in [2.24, 2.45) is 0 Å². The Morgan fingerprint density at radius 1 is 1.04 bits per heavy atom. The summed E-state index contributed by atoms with van der Waals surface area (Å²) in [4.78, 5) is 0. The third-order valence-corrected chi connectivity index (χ3v) is 4.10. The lowest BCUT2D eigenvalue weighted by Crippen LogP contribution is -1.92. The zero-order valence-corrected chi connectivity index (χ0v) is 14.9. The highest BCUT2D eigenvalue weighted by atomic mass is 16.5. The molecule has 1 heteroatoms. The number of aryl methyl sites for hydroxylation is 3. The Kier molecular flexibility index (Phi) is 5.44. The van der Waals surface area contributed by atoms with Gasteiger partial charge in [-0.05, 0) is 67.2 Å². The zero-order chi connectivity index (χ0) is 17.0. The van der Waals surface area contributed by atoms with Gasteiger partial charge in [0, 0.05) is 0 Å². The van der Waals surface area contributed by atoms with E-state index in [2.05, 4.69) is 70.7 Å². The molecule has 1 nitrogen and oxygen atoms in total.